The summed E-state index contributed by atoms with van der Waals surface area (Å²) in [6.07, 6.45) is 0.392. The molecule has 1 aromatic heterocycles. The van der Waals surface area contributed by atoms with Crippen LogP contribution in [0.5, 0.6) is 0 Å². The molecule has 0 unspecified atom stereocenters. The number of piperazine rings is 1. The minimum absolute atomic E-state index is 0.128. The van der Waals surface area contributed by atoms with E-state index in [-0.39, 0.29) is 17.2 Å². The maximum atomic E-state index is 12.8. The summed E-state index contributed by atoms with van der Waals surface area (Å²) in [6, 6.07) is 0. The molecule has 2 amide bonds. The summed E-state index contributed by atoms with van der Waals surface area (Å²) in [7, 11) is 0. The lowest BCUT2D eigenvalue weighted by Crippen LogP contribution is -2.53. The molecule has 1 aliphatic rings. The zero-order valence-electron chi connectivity index (χ0n) is 17.4. The Labute approximate surface area is 157 Å². The van der Waals surface area contributed by atoms with Crippen molar-refractivity contribution < 1.29 is 9.59 Å². The largest absolute Gasteiger partial charge is 0.339 e. The van der Waals surface area contributed by atoms with Crippen LogP contribution in [0.1, 0.15) is 51.6 Å². The topological polar surface area (TPSA) is 58.4 Å². The summed E-state index contributed by atoms with van der Waals surface area (Å²) in [6.45, 7) is 17.5. The highest BCUT2D eigenvalue weighted by Crippen LogP contribution is 2.20. The van der Waals surface area contributed by atoms with Crippen molar-refractivity contribution in [1.82, 2.24) is 19.6 Å². The van der Waals surface area contributed by atoms with Gasteiger partial charge in [-0.05, 0) is 19.8 Å². The number of amides is 2. The molecular weight excluding hydrogens is 328 g/mol. The highest BCUT2D eigenvalue weighted by Gasteiger charge is 2.31. The number of nitrogens with zero attached hydrogens (tertiary/aromatic N) is 4. The third kappa shape index (κ3) is 4.65. The Morgan fingerprint density at radius 1 is 1.04 bits per heavy atom. The predicted octanol–water partition coefficient (Wildman–Crippen LogP) is 2.42. The van der Waals surface area contributed by atoms with Gasteiger partial charge in [-0.15, -0.1) is 0 Å². The van der Waals surface area contributed by atoms with Crippen molar-refractivity contribution in [2.24, 2.45) is 11.3 Å². The van der Waals surface area contributed by atoms with E-state index in [0.29, 0.717) is 38.5 Å². The van der Waals surface area contributed by atoms with Gasteiger partial charge in [0, 0.05) is 49.4 Å². The molecule has 1 aliphatic heterocycles. The molecule has 0 spiro atoms. The van der Waals surface area contributed by atoms with Crippen molar-refractivity contribution in [1.29, 1.82) is 0 Å². The predicted molar refractivity (Wildman–Crippen MR) is 103 cm³/mol. The molecule has 0 atom stereocenters. The first-order chi connectivity index (χ1) is 12.0. The van der Waals surface area contributed by atoms with Crippen LogP contribution in [0.15, 0.2) is 0 Å². The van der Waals surface area contributed by atoms with Gasteiger partial charge in [0.2, 0.25) is 11.8 Å². The van der Waals surface area contributed by atoms with E-state index in [1.165, 1.54) is 0 Å². The standard InChI is InChI=1S/C20H34N4O2/c1-14(2)13-24-16(4)17(15(3)21-24)12-18(25)22-8-10-23(11-9-22)19(26)20(5,6)7/h14H,8-13H2,1-7H3. The molecule has 2 rings (SSSR count). The van der Waals surface area contributed by atoms with Gasteiger partial charge in [0.15, 0.2) is 0 Å². The second kappa shape index (κ2) is 7.80. The van der Waals surface area contributed by atoms with Gasteiger partial charge in [-0.3, -0.25) is 14.3 Å². The molecule has 1 aromatic rings. The first-order valence-electron chi connectivity index (χ1n) is 9.60. The zero-order chi connectivity index (χ0) is 19.6. The highest BCUT2D eigenvalue weighted by atomic mass is 16.2. The van der Waals surface area contributed by atoms with E-state index < -0.39 is 0 Å². The van der Waals surface area contributed by atoms with Crippen LogP contribution in [0.3, 0.4) is 0 Å². The van der Waals surface area contributed by atoms with Crippen molar-refractivity contribution >= 4 is 11.8 Å². The van der Waals surface area contributed by atoms with Crippen LogP contribution >= 0.6 is 0 Å². The fourth-order valence-corrected chi connectivity index (χ4v) is 3.41. The molecule has 6 heteroatoms. The molecule has 146 valence electrons. The summed E-state index contributed by atoms with van der Waals surface area (Å²) in [5.41, 5.74) is 2.71. The van der Waals surface area contributed by atoms with Crippen LogP contribution in [0.4, 0.5) is 0 Å². The molecule has 0 radical (unpaired) electrons. The number of aryl methyl sites for hydroxylation is 1. The van der Waals surface area contributed by atoms with Crippen LogP contribution < -0.4 is 0 Å². The summed E-state index contributed by atoms with van der Waals surface area (Å²) in [5.74, 6) is 0.805. The monoisotopic (exact) mass is 362 g/mol. The van der Waals surface area contributed by atoms with Crippen LogP contribution in [-0.4, -0.2) is 57.6 Å². The van der Waals surface area contributed by atoms with Crippen molar-refractivity contribution in [3.63, 3.8) is 0 Å². The Balaban J connectivity index is 1.98. The van der Waals surface area contributed by atoms with Gasteiger partial charge in [-0.1, -0.05) is 34.6 Å². The zero-order valence-corrected chi connectivity index (χ0v) is 17.4. The average Bonchev–Trinajstić information content (AvgIpc) is 2.80. The second-order valence-electron chi connectivity index (χ2n) is 8.83. The molecule has 0 bridgehead atoms. The summed E-state index contributed by atoms with van der Waals surface area (Å²) < 4.78 is 2.02. The summed E-state index contributed by atoms with van der Waals surface area (Å²) >= 11 is 0. The van der Waals surface area contributed by atoms with Crippen LogP contribution in [0.25, 0.3) is 0 Å². The fourth-order valence-electron chi connectivity index (χ4n) is 3.41. The Kier molecular flexibility index (Phi) is 6.14. The van der Waals surface area contributed by atoms with Gasteiger partial charge < -0.3 is 9.80 Å². The summed E-state index contributed by atoms with van der Waals surface area (Å²) in [4.78, 5) is 28.9. The van der Waals surface area contributed by atoms with Gasteiger partial charge in [0.05, 0.1) is 12.1 Å². The normalized spacial score (nSPS) is 15.7. The van der Waals surface area contributed by atoms with E-state index in [0.717, 1.165) is 23.5 Å². The molecular formula is C20H34N4O2. The van der Waals surface area contributed by atoms with Gasteiger partial charge in [-0.2, -0.15) is 5.10 Å². The van der Waals surface area contributed by atoms with Crippen molar-refractivity contribution in [3.05, 3.63) is 17.0 Å². The first kappa shape index (κ1) is 20.5. The Hall–Kier alpha value is -1.85. The van der Waals surface area contributed by atoms with Crippen molar-refractivity contribution in [2.45, 2.75) is 61.4 Å². The van der Waals surface area contributed by atoms with E-state index in [2.05, 4.69) is 18.9 Å². The molecule has 0 aliphatic carbocycles. The van der Waals surface area contributed by atoms with Gasteiger partial charge in [0.25, 0.3) is 0 Å². The van der Waals surface area contributed by atoms with Crippen LogP contribution in [-0.2, 0) is 22.6 Å². The maximum absolute atomic E-state index is 12.8. The number of carbonyl (C=O) groups excluding carboxylic acids is 2. The second-order valence-corrected chi connectivity index (χ2v) is 8.83. The quantitative estimate of drug-likeness (QED) is 0.826. The lowest BCUT2D eigenvalue weighted by Gasteiger charge is -2.37. The highest BCUT2D eigenvalue weighted by molar-refractivity contribution is 5.82. The molecule has 0 N–H and O–H groups in total. The lowest BCUT2D eigenvalue weighted by atomic mass is 9.94. The van der Waals surface area contributed by atoms with E-state index in [4.69, 9.17) is 0 Å². The van der Waals surface area contributed by atoms with Crippen molar-refractivity contribution in [3.8, 4) is 0 Å². The number of carbonyl (C=O) groups is 2. The Morgan fingerprint density at radius 3 is 2.08 bits per heavy atom. The molecule has 6 nitrogen and oxygen atoms in total. The van der Waals surface area contributed by atoms with E-state index in [9.17, 15) is 9.59 Å². The Bertz CT molecular complexity index is 662. The number of rotatable bonds is 4. The smallest absolute Gasteiger partial charge is 0.228 e. The first-order valence-corrected chi connectivity index (χ1v) is 9.60. The SMILES string of the molecule is Cc1nn(CC(C)C)c(C)c1CC(=O)N1CCN(C(=O)C(C)(C)C)CC1. The number of aromatic nitrogens is 2. The Morgan fingerprint density at radius 2 is 1.58 bits per heavy atom. The van der Waals surface area contributed by atoms with Crippen LogP contribution in [0.2, 0.25) is 0 Å². The third-order valence-electron chi connectivity index (χ3n) is 4.96. The van der Waals surface area contributed by atoms with Crippen molar-refractivity contribution in [2.75, 3.05) is 26.2 Å². The number of hydrogen-bond acceptors (Lipinski definition) is 3. The maximum Gasteiger partial charge on any atom is 0.228 e. The third-order valence-corrected chi connectivity index (χ3v) is 4.96. The van der Waals surface area contributed by atoms with E-state index in [1.54, 1.807) is 0 Å². The fraction of sp³-hybridized carbons (Fsp3) is 0.750. The molecule has 0 aromatic carbocycles. The molecule has 26 heavy (non-hydrogen) atoms. The van der Waals surface area contributed by atoms with Gasteiger partial charge in [0.1, 0.15) is 0 Å². The van der Waals surface area contributed by atoms with Crippen LogP contribution in [0, 0.1) is 25.2 Å². The molecule has 1 fully saturated rings. The molecule has 1 saturated heterocycles. The van der Waals surface area contributed by atoms with E-state index >= 15 is 0 Å². The lowest BCUT2D eigenvalue weighted by molar-refractivity contribution is -0.144. The summed E-state index contributed by atoms with van der Waals surface area (Å²) in [5, 5.41) is 4.60. The number of hydrogen-bond donors (Lipinski definition) is 0. The van der Waals surface area contributed by atoms with Gasteiger partial charge >= 0.3 is 0 Å². The van der Waals surface area contributed by atoms with Gasteiger partial charge in [-0.25, -0.2) is 0 Å². The molecule has 0 saturated carbocycles. The minimum Gasteiger partial charge on any atom is -0.339 e. The van der Waals surface area contributed by atoms with E-state index in [1.807, 2.05) is 49.1 Å². The average molecular weight is 363 g/mol. The minimum atomic E-state index is -0.370. The molecule has 2 heterocycles.